The van der Waals surface area contributed by atoms with Crippen molar-refractivity contribution in [2.45, 2.75) is 0 Å². The monoisotopic (exact) mass is 195 g/mol. The molecular formula is C10H13NO3. The third-order valence-corrected chi connectivity index (χ3v) is 2.32. The second-order valence-corrected chi connectivity index (χ2v) is 3.24. The quantitative estimate of drug-likeness (QED) is 0.700. The zero-order valence-electron chi connectivity index (χ0n) is 7.81. The fourth-order valence-electron chi connectivity index (χ4n) is 1.63. The van der Waals surface area contributed by atoms with Gasteiger partial charge in [0.15, 0.2) is 0 Å². The Morgan fingerprint density at radius 1 is 1.07 bits per heavy atom. The number of phenols is 2. The first kappa shape index (κ1) is 9.15. The van der Waals surface area contributed by atoms with E-state index < -0.39 is 0 Å². The van der Waals surface area contributed by atoms with Crippen LogP contribution in [0.1, 0.15) is 0 Å². The molecule has 0 unspecified atom stereocenters. The van der Waals surface area contributed by atoms with Gasteiger partial charge in [-0.1, -0.05) is 6.07 Å². The topological polar surface area (TPSA) is 52.9 Å². The van der Waals surface area contributed by atoms with Crippen molar-refractivity contribution >= 4 is 5.69 Å². The number of morpholine rings is 1. The number of hydrogen-bond acceptors (Lipinski definition) is 4. The molecule has 0 spiro atoms. The van der Waals surface area contributed by atoms with Crippen LogP contribution in [0, 0.1) is 0 Å². The minimum Gasteiger partial charge on any atom is -0.506 e. The predicted octanol–water partition coefficient (Wildman–Crippen LogP) is 0.934. The van der Waals surface area contributed by atoms with E-state index in [0.717, 1.165) is 0 Å². The fourth-order valence-corrected chi connectivity index (χ4v) is 1.63. The zero-order valence-corrected chi connectivity index (χ0v) is 7.81. The van der Waals surface area contributed by atoms with Gasteiger partial charge in [0.25, 0.3) is 0 Å². The lowest BCUT2D eigenvalue weighted by molar-refractivity contribution is 0.122. The van der Waals surface area contributed by atoms with Crippen LogP contribution < -0.4 is 4.90 Å². The Balaban J connectivity index is 2.29. The lowest BCUT2D eigenvalue weighted by Crippen LogP contribution is -2.36. The van der Waals surface area contributed by atoms with Crippen LogP contribution in [0.5, 0.6) is 11.5 Å². The van der Waals surface area contributed by atoms with Crippen molar-refractivity contribution in [2.24, 2.45) is 0 Å². The number of phenolic OH excluding ortho intramolecular Hbond substituents is 2. The van der Waals surface area contributed by atoms with Crippen molar-refractivity contribution in [3.63, 3.8) is 0 Å². The van der Waals surface area contributed by atoms with Crippen LogP contribution in [0.2, 0.25) is 0 Å². The molecule has 1 aliphatic rings. The van der Waals surface area contributed by atoms with Crippen LogP contribution in [-0.4, -0.2) is 36.5 Å². The summed E-state index contributed by atoms with van der Waals surface area (Å²) >= 11 is 0. The largest absolute Gasteiger partial charge is 0.506 e. The first-order valence-corrected chi connectivity index (χ1v) is 4.62. The molecule has 1 fully saturated rings. The summed E-state index contributed by atoms with van der Waals surface area (Å²) in [5, 5.41) is 19.2. The highest BCUT2D eigenvalue weighted by Gasteiger charge is 2.17. The van der Waals surface area contributed by atoms with Gasteiger partial charge in [0.05, 0.1) is 13.2 Å². The number of nitrogens with zero attached hydrogens (tertiary/aromatic N) is 1. The van der Waals surface area contributed by atoms with Crippen molar-refractivity contribution in [1.29, 1.82) is 0 Å². The zero-order chi connectivity index (χ0) is 9.97. The Kier molecular flexibility index (Phi) is 2.45. The van der Waals surface area contributed by atoms with E-state index in [1.165, 1.54) is 0 Å². The van der Waals surface area contributed by atoms with Crippen LogP contribution in [0.25, 0.3) is 0 Å². The molecule has 14 heavy (non-hydrogen) atoms. The van der Waals surface area contributed by atoms with Crippen LogP contribution in [-0.2, 0) is 4.74 Å². The molecule has 1 saturated heterocycles. The Labute approximate surface area is 82.3 Å². The van der Waals surface area contributed by atoms with Gasteiger partial charge in [-0.3, -0.25) is 0 Å². The third kappa shape index (κ3) is 1.61. The van der Waals surface area contributed by atoms with Crippen LogP contribution in [0.4, 0.5) is 5.69 Å². The summed E-state index contributed by atoms with van der Waals surface area (Å²) < 4.78 is 5.20. The second-order valence-electron chi connectivity index (χ2n) is 3.24. The summed E-state index contributed by atoms with van der Waals surface area (Å²) in [6.07, 6.45) is 0. The Morgan fingerprint density at radius 2 is 1.64 bits per heavy atom. The normalized spacial score (nSPS) is 17.0. The lowest BCUT2D eigenvalue weighted by Gasteiger charge is -2.29. The smallest absolute Gasteiger partial charge is 0.142 e. The van der Waals surface area contributed by atoms with E-state index in [1.54, 1.807) is 18.2 Å². The molecule has 0 bridgehead atoms. The highest BCUT2D eigenvalue weighted by molar-refractivity contribution is 5.66. The molecule has 4 nitrogen and oxygen atoms in total. The standard InChI is InChI=1S/C10H13NO3/c12-8-2-1-3-9(13)10(8)11-4-6-14-7-5-11/h1-3,12-13H,4-7H2. The van der Waals surface area contributed by atoms with Crippen molar-refractivity contribution in [1.82, 2.24) is 0 Å². The van der Waals surface area contributed by atoms with E-state index in [-0.39, 0.29) is 11.5 Å². The molecule has 0 saturated carbocycles. The molecule has 1 aromatic rings. The van der Waals surface area contributed by atoms with E-state index in [0.29, 0.717) is 32.0 Å². The molecule has 0 radical (unpaired) electrons. The molecule has 76 valence electrons. The second kappa shape index (κ2) is 3.75. The van der Waals surface area contributed by atoms with E-state index in [1.807, 2.05) is 4.90 Å². The van der Waals surface area contributed by atoms with E-state index in [4.69, 9.17) is 4.74 Å². The average molecular weight is 195 g/mol. The maximum Gasteiger partial charge on any atom is 0.142 e. The van der Waals surface area contributed by atoms with Gasteiger partial charge < -0.3 is 19.8 Å². The molecule has 1 aliphatic heterocycles. The van der Waals surface area contributed by atoms with E-state index in [9.17, 15) is 10.2 Å². The summed E-state index contributed by atoms with van der Waals surface area (Å²) in [7, 11) is 0. The molecule has 4 heteroatoms. The minimum absolute atomic E-state index is 0.118. The number of anilines is 1. The molecular weight excluding hydrogens is 182 g/mol. The van der Waals surface area contributed by atoms with Gasteiger partial charge in [0.2, 0.25) is 0 Å². The predicted molar refractivity (Wildman–Crippen MR) is 52.8 cm³/mol. The summed E-state index contributed by atoms with van der Waals surface area (Å²) in [4.78, 5) is 1.92. The minimum atomic E-state index is 0.118. The van der Waals surface area contributed by atoms with E-state index in [2.05, 4.69) is 0 Å². The van der Waals surface area contributed by atoms with Gasteiger partial charge in [-0.2, -0.15) is 0 Å². The van der Waals surface area contributed by atoms with Crippen molar-refractivity contribution in [3.8, 4) is 11.5 Å². The van der Waals surface area contributed by atoms with Crippen LogP contribution in [0.15, 0.2) is 18.2 Å². The Bertz CT molecular complexity index is 301. The number of benzene rings is 1. The summed E-state index contributed by atoms with van der Waals surface area (Å²) in [5.41, 5.74) is 0.510. The third-order valence-electron chi connectivity index (χ3n) is 2.32. The highest BCUT2D eigenvalue weighted by atomic mass is 16.5. The summed E-state index contributed by atoms with van der Waals surface area (Å²) in [5.74, 6) is 0.235. The molecule has 0 amide bonds. The van der Waals surface area contributed by atoms with Crippen molar-refractivity contribution in [3.05, 3.63) is 18.2 Å². The van der Waals surface area contributed by atoms with Gasteiger partial charge in [-0.05, 0) is 12.1 Å². The van der Waals surface area contributed by atoms with Gasteiger partial charge in [-0.25, -0.2) is 0 Å². The average Bonchev–Trinajstić information content (AvgIpc) is 2.19. The number of ether oxygens (including phenoxy) is 1. The Morgan fingerprint density at radius 3 is 2.21 bits per heavy atom. The molecule has 1 heterocycles. The van der Waals surface area contributed by atoms with E-state index >= 15 is 0 Å². The lowest BCUT2D eigenvalue weighted by atomic mass is 10.2. The van der Waals surface area contributed by atoms with Gasteiger partial charge in [-0.15, -0.1) is 0 Å². The first-order valence-electron chi connectivity index (χ1n) is 4.62. The molecule has 0 atom stereocenters. The molecule has 0 aliphatic carbocycles. The first-order chi connectivity index (χ1) is 6.79. The molecule has 0 aromatic heterocycles. The van der Waals surface area contributed by atoms with Gasteiger partial charge >= 0.3 is 0 Å². The van der Waals surface area contributed by atoms with Crippen LogP contribution in [0.3, 0.4) is 0 Å². The van der Waals surface area contributed by atoms with Crippen molar-refractivity contribution in [2.75, 3.05) is 31.2 Å². The molecule has 1 aromatic carbocycles. The maximum absolute atomic E-state index is 9.60. The molecule has 2 N–H and O–H groups in total. The van der Waals surface area contributed by atoms with Crippen LogP contribution >= 0.6 is 0 Å². The summed E-state index contributed by atoms with van der Waals surface area (Å²) in [6, 6.07) is 4.77. The molecule has 2 rings (SSSR count). The van der Waals surface area contributed by atoms with Gasteiger partial charge in [0.1, 0.15) is 17.2 Å². The van der Waals surface area contributed by atoms with Gasteiger partial charge in [0, 0.05) is 13.1 Å². The van der Waals surface area contributed by atoms with Crippen molar-refractivity contribution < 1.29 is 14.9 Å². The number of para-hydroxylation sites is 1. The highest BCUT2D eigenvalue weighted by Crippen LogP contribution is 2.36. The number of hydrogen-bond donors (Lipinski definition) is 2. The Hall–Kier alpha value is -1.42. The summed E-state index contributed by atoms with van der Waals surface area (Å²) in [6.45, 7) is 2.66. The SMILES string of the molecule is Oc1cccc(O)c1N1CCOCC1. The number of rotatable bonds is 1. The maximum atomic E-state index is 9.60. The fraction of sp³-hybridized carbons (Fsp3) is 0.400. The number of aromatic hydroxyl groups is 2.